The van der Waals surface area contributed by atoms with Gasteiger partial charge in [0, 0.05) is 38.1 Å². The molecular weight excluding hydrogens is 510 g/mol. The third-order valence-electron chi connectivity index (χ3n) is 10.3. The molecule has 2 bridgehead atoms. The highest BCUT2D eigenvalue weighted by Crippen LogP contribution is 2.45. The van der Waals surface area contributed by atoms with Crippen LogP contribution in [0.3, 0.4) is 0 Å². The van der Waals surface area contributed by atoms with Crippen molar-refractivity contribution in [2.75, 3.05) is 19.6 Å². The number of rotatable bonds is 6. The van der Waals surface area contributed by atoms with Gasteiger partial charge in [0.2, 0.25) is 5.76 Å². The third kappa shape index (κ3) is 4.68. The molecule has 0 aliphatic carbocycles. The molecule has 1 amide bonds. The summed E-state index contributed by atoms with van der Waals surface area (Å²) in [5.74, 6) is 2.07. The van der Waals surface area contributed by atoms with Gasteiger partial charge in [-0.15, -0.1) is 0 Å². The van der Waals surface area contributed by atoms with Gasteiger partial charge in [0.15, 0.2) is 5.89 Å². The van der Waals surface area contributed by atoms with E-state index < -0.39 is 0 Å². The van der Waals surface area contributed by atoms with Crippen molar-refractivity contribution in [3.05, 3.63) is 83.3 Å². The van der Waals surface area contributed by atoms with E-state index in [4.69, 9.17) is 9.40 Å². The number of aryl methyl sites for hydroxylation is 3. The van der Waals surface area contributed by atoms with E-state index in [9.17, 15) is 4.79 Å². The standard InChI is InChI=1S/C34H41N5O2/c1-23-32(41-25(3)35-23)33(40)37-18-15-34(16-19-37,26-9-5-4-6-10-26)17-20-38-27-13-14-28(38)22-29(21-27)39-24(2)36-30-11-7-8-12-31(30)39/h4-12,27-29H,13-22H2,1-3H3/t27-,28+,29?. The van der Waals surface area contributed by atoms with Gasteiger partial charge in [-0.3, -0.25) is 9.69 Å². The van der Waals surface area contributed by atoms with E-state index in [0.717, 1.165) is 50.2 Å². The summed E-state index contributed by atoms with van der Waals surface area (Å²) >= 11 is 0. The van der Waals surface area contributed by atoms with Gasteiger partial charge in [-0.2, -0.15) is 0 Å². The number of nitrogens with zero attached hydrogens (tertiary/aromatic N) is 5. The van der Waals surface area contributed by atoms with Gasteiger partial charge in [-0.1, -0.05) is 42.5 Å². The Balaban J connectivity index is 1.07. The van der Waals surface area contributed by atoms with Crippen molar-refractivity contribution in [2.24, 2.45) is 0 Å². The lowest BCUT2D eigenvalue weighted by atomic mass is 9.70. The third-order valence-corrected chi connectivity index (χ3v) is 10.3. The summed E-state index contributed by atoms with van der Waals surface area (Å²) in [4.78, 5) is 27.3. The molecule has 3 aliphatic rings. The second-order valence-electron chi connectivity index (χ2n) is 12.6. The van der Waals surface area contributed by atoms with Gasteiger partial charge >= 0.3 is 0 Å². The fourth-order valence-corrected chi connectivity index (χ4v) is 8.28. The molecule has 2 aromatic carbocycles. The van der Waals surface area contributed by atoms with Gasteiger partial charge in [-0.05, 0) is 88.4 Å². The minimum absolute atomic E-state index is 0.0211. The number of benzene rings is 2. The van der Waals surface area contributed by atoms with Crippen LogP contribution in [-0.2, 0) is 5.41 Å². The Morgan fingerprint density at radius 1 is 0.902 bits per heavy atom. The Kier molecular flexibility index (Phi) is 6.73. The zero-order valence-electron chi connectivity index (χ0n) is 24.6. The summed E-state index contributed by atoms with van der Waals surface area (Å²) in [6.45, 7) is 8.43. The number of imidazole rings is 1. The van der Waals surface area contributed by atoms with Crippen LogP contribution < -0.4 is 0 Å². The molecule has 0 radical (unpaired) electrons. The van der Waals surface area contributed by atoms with Crippen molar-refractivity contribution >= 4 is 16.9 Å². The molecule has 214 valence electrons. The molecule has 3 saturated heterocycles. The topological polar surface area (TPSA) is 67.4 Å². The van der Waals surface area contributed by atoms with Crippen molar-refractivity contribution in [2.45, 2.75) is 89.3 Å². The first-order valence-corrected chi connectivity index (χ1v) is 15.4. The van der Waals surface area contributed by atoms with Crippen LogP contribution in [0.4, 0.5) is 0 Å². The van der Waals surface area contributed by atoms with Crippen LogP contribution in [0.5, 0.6) is 0 Å². The largest absolute Gasteiger partial charge is 0.436 e. The maximum absolute atomic E-state index is 13.3. The van der Waals surface area contributed by atoms with Crippen molar-refractivity contribution in [3.63, 3.8) is 0 Å². The van der Waals surface area contributed by atoms with Gasteiger partial charge in [-0.25, -0.2) is 9.97 Å². The summed E-state index contributed by atoms with van der Waals surface area (Å²) in [6.07, 6.45) is 8.07. The van der Waals surface area contributed by atoms with E-state index in [1.54, 1.807) is 6.92 Å². The van der Waals surface area contributed by atoms with Crippen molar-refractivity contribution in [1.82, 2.24) is 24.3 Å². The normalized spacial score (nSPS) is 24.3. The van der Waals surface area contributed by atoms with E-state index >= 15 is 0 Å². The second kappa shape index (κ2) is 10.4. The smallest absolute Gasteiger partial charge is 0.291 e. The predicted molar refractivity (Wildman–Crippen MR) is 160 cm³/mol. The first-order chi connectivity index (χ1) is 19.9. The van der Waals surface area contributed by atoms with Crippen LogP contribution in [0, 0.1) is 20.8 Å². The Labute approximate surface area is 242 Å². The molecule has 3 atom stereocenters. The Morgan fingerprint density at radius 2 is 1.59 bits per heavy atom. The highest BCUT2D eigenvalue weighted by Gasteiger charge is 2.44. The number of likely N-dealkylation sites (tertiary alicyclic amines) is 1. The zero-order valence-corrected chi connectivity index (χ0v) is 24.6. The molecule has 1 unspecified atom stereocenters. The molecule has 2 aromatic heterocycles. The van der Waals surface area contributed by atoms with E-state index in [-0.39, 0.29) is 11.3 Å². The van der Waals surface area contributed by atoms with Crippen LogP contribution in [-0.4, -0.2) is 62.0 Å². The lowest BCUT2D eigenvalue weighted by Gasteiger charge is -2.45. The first-order valence-electron chi connectivity index (χ1n) is 15.4. The van der Waals surface area contributed by atoms with Crippen LogP contribution in [0.25, 0.3) is 11.0 Å². The number of piperidine rings is 2. The molecule has 4 aromatic rings. The summed E-state index contributed by atoms with van der Waals surface area (Å²) in [5, 5.41) is 0. The highest BCUT2D eigenvalue weighted by molar-refractivity contribution is 5.92. The van der Waals surface area contributed by atoms with Crippen LogP contribution in [0.1, 0.15) is 84.5 Å². The Morgan fingerprint density at radius 3 is 2.27 bits per heavy atom. The van der Waals surface area contributed by atoms with E-state index in [1.165, 1.54) is 36.8 Å². The highest BCUT2D eigenvalue weighted by atomic mass is 16.4. The average molecular weight is 552 g/mol. The molecule has 3 aliphatic heterocycles. The van der Waals surface area contributed by atoms with Gasteiger partial charge < -0.3 is 13.9 Å². The molecule has 0 spiro atoms. The molecule has 5 heterocycles. The van der Waals surface area contributed by atoms with Crippen LogP contribution >= 0.6 is 0 Å². The number of fused-ring (bicyclic) bond motifs is 3. The predicted octanol–water partition coefficient (Wildman–Crippen LogP) is 6.38. The Bertz CT molecular complexity index is 1530. The van der Waals surface area contributed by atoms with Crippen LogP contribution in [0.15, 0.2) is 59.0 Å². The number of carbonyl (C=O) groups is 1. The van der Waals surface area contributed by atoms with Gasteiger partial charge in [0.25, 0.3) is 5.91 Å². The summed E-state index contributed by atoms with van der Waals surface area (Å²) in [7, 11) is 0. The van der Waals surface area contributed by atoms with Crippen molar-refractivity contribution in [3.8, 4) is 0 Å². The summed E-state index contributed by atoms with van der Waals surface area (Å²) in [6, 6.07) is 21.4. The monoisotopic (exact) mass is 551 g/mol. The second-order valence-corrected chi connectivity index (χ2v) is 12.6. The SMILES string of the molecule is Cc1nc(C)c(C(=O)N2CCC(CCN3[C@@H]4CC[C@H]3CC(n3c(C)nc5ccccc53)C4)(c3ccccc3)CC2)o1. The van der Waals surface area contributed by atoms with E-state index in [2.05, 4.69) is 76.0 Å². The molecule has 41 heavy (non-hydrogen) atoms. The molecule has 7 rings (SSSR count). The average Bonchev–Trinajstić information content (AvgIpc) is 3.59. The zero-order chi connectivity index (χ0) is 28.1. The quantitative estimate of drug-likeness (QED) is 0.278. The fraction of sp³-hybridized carbons (Fsp3) is 0.500. The maximum atomic E-state index is 13.3. The molecule has 0 saturated carbocycles. The fourth-order valence-electron chi connectivity index (χ4n) is 8.28. The Hall–Kier alpha value is -3.45. The minimum Gasteiger partial charge on any atom is -0.436 e. The number of amides is 1. The number of aromatic nitrogens is 3. The summed E-state index contributed by atoms with van der Waals surface area (Å²) < 4.78 is 8.20. The number of oxazole rings is 1. The van der Waals surface area contributed by atoms with Gasteiger partial charge in [0.05, 0.1) is 16.7 Å². The molecule has 3 fully saturated rings. The van der Waals surface area contributed by atoms with E-state index in [0.29, 0.717) is 35.5 Å². The van der Waals surface area contributed by atoms with Crippen LogP contribution in [0.2, 0.25) is 0 Å². The molecule has 0 N–H and O–H groups in total. The maximum Gasteiger partial charge on any atom is 0.291 e. The number of hydrogen-bond acceptors (Lipinski definition) is 5. The minimum atomic E-state index is -0.0211. The van der Waals surface area contributed by atoms with E-state index in [1.807, 2.05) is 11.8 Å². The van der Waals surface area contributed by atoms with Crippen molar-refractivity contribution < 1.29 is 9.21 Å². The van der Waals surface area contributed by atoms with Crippen molar-refractivity contribution in [1.29, 1.82) is 0 Å². The number of carbonyl (C=O) groups excluding carboxylic acids is 1. The lowest BCUT2D eigenvalue weighted by Crippen LogP contribution is -2.49. The van der Waals surface area contributed by atoms with Gasteiger partial charge in [0.1, 0.15) is 5.82 Å². The molecule has 7 nitrogen and oxygen atoms in total. The number of para-hydroxylation sites is 2. The molecular formula is C34H41N5O2. The summed E-state index contributed by atoms with van der Waals surface area (Å²) in [5.41, 5.74) is 4.58. The first kappa shape index (κ1) is 26.4. The lowest BCUT2D eigenvalue weighted by molar-refractivity contribution is 0.0578. The molecule has 7 heteroatoms. The number of hydrogen-bond donors (Lipinski definition) is 0.